The molecule has 2 N–H and O–H groups in total. The number of rotatable bonds is 10. The maximum absolute atomic E-state index is 6.74. The van der Waals surface area contributed by atoms with E-state index in [1.165, 1.54) is 27.8 Å². The van der Waals surface area contributed by atoms with Gasteiger partial charge >= 0.3 is 0 Å². The van der Waals surface area contributed by atoms with E-state index < -0.39 is 0 Å². The third kappa shape index (κ3) is 6.14. The van der Waals surface area contributed by atoms with Gasteiger partial charge in [-0.3, -0.25) is 0 Å². The number of ether oxygens (including phenoxy) is 3. The molecule has 36 heavy (non-hydrogen) atoms. The van der Waals surface area contributed by atoms with Crippen molar-refractivity contribution in [2.24, 2.45) is 0 Å². The molecule has 0 saturated carbocycles. The van der Waals surface area contributed by atoms with Crippen molar-refractivity contribution in [3.63, 3.8) is 0 Å². The molecule has 1 heterocycles. The van der Waals surface area contributed by atoms with Crippen molar-refractivity contribution in [2.75, 3.05) is 32.5 Å². The fourth-order valence-corrected chi connectivity index (χ4v) is 4.83. The normalized spacial score (nSPS) is 16.9. The van der Waals surface area contributed by atoms with Crippen molar-refractivity contribution < 1.29 is 14.2 Å². The summed E-state index contributed by atoms with van der Waals surface area (Å²) in [4.78, 5) is 2.31. The Hall–Kier alpha value is -3.18. The van der Waals surface area contributed by atoms with Crippen LogP contribution in [0.4, 0.5) is 5.69 Å². The Labute approximate surface area is 216 Å². The lowest BCUT2D eigenvalue weighted by atomic mass is 9.85. The molecule has 1 unspecified atom stereocenters. The standard InChI is InChI=1S/C31H40N2O3/c1-22-23(2)30-28(24(3)29(22)35-21-25-9-7-6-8-10-25)15-16-31(4,36-30)17-18-33(5)19-20-34-27-13-11-26(32)12-14-27/h6-14H,15-21,32H2,1-5H3. The first-order chi connectivity index (χ1) is 17.3. The van der Waals surface area contributed by atoms with Gasteiger partial charge in [0.1, 0.15) is 36.1 Å². The number of nitrogen functional groups attached to an aromatic ring is 1. The number of nitrogens with two attached hydrogens (primary N) is 1. The van der Waals surface area contributed by atoms with E-state index >= 15 is 0 Å². The fraction of sp³-hybridized carbons (Fsp3) is 0.419. The lowest BCUT2D eigenvalue weighted by Gasteiger charge is -2.39. The van der Waals surface area contributed by atoms with E-state index in [0.29, 0.717) is 13.2 Å². The zero-order chi connectivity index (χ0) is 25.7. The van der Waals surface area contributed by atoms with Crippen LogP contribution in [0, 0.1) is 20.8 Å². The van der Waals surface area contributed by atoms with Crippen LogP contribution in [0.2, 0.25) is 0 Å². The molecule has 1 atom stereocenters. The Bertz CT molecular complexity index is 1160. The lowest BCUT2D eigenvalue weighted by Crippen LogP contribution is -2.40. The Kier molecular flexibility index (Phi) is 8.10. The minimum Gasteiger partial charge on any atom is -0.492 e. The summed E-state index contributed by atoms with van der Waals surface area (Å²) >= 11 is 0. The molecule has 0 fully saturated rings. The average Bonchev–Trinajstić information content (AvgIpc) is 2.88. The van der Waals surface area contributed by atoms with Crippen molar-refractivity contribution in [1.29, 1.82) is 0 Å². The van der Waals surface area contributed by atoms with Gasteiger partial charge in [-0.15, -0.1) is 0 Å². The fourth-order valence-electron chi connectivity index (χ4n) is 4.83. The first kappa shape index (κ1) is 25.9. The minimum atomic E-state index is -0.185. The van der Waals surface area contributed by atoms with Crippen LogP contribution in [0.5, 0.6) is 17.2 Å². The van der Waals surface area contributed by atoms with Crippen LogP contribution >= 0.6 is 0 Å². The third-order valence-corrected chi connectivity index (χ3v) is 7.43. The van der Waals surface area contributed by atoms with E-state index in [1.54, 1.807) is 0 Å². The smallest absolute Gasteiger partial charge is 0.127 e. The summed E-state index contributed by atoms with van der Waals surface area (Å²) in [6.07, 6.45) is 2.97. The molecule has 5 heteroatoms. The van der Waals surface area contributed by atoms with Crippen molar-refractivity contribution in [3.05, 3.63) is 82.4 Å². The predicted octanol–water partition coefficient (Wildman–Crippen LogP) is 6.26. The SMILES string of the molecule is Cc1c(C)c2c(c(C)c1OCc1ccccc1)CCC(C)(CCN(C)CCOc1ccc(N)cc1)O2. The number of fused-ring (bicyclic) bond motifs is 1. The highest BCUT2D eigenvalue weighted by molar-refractivity contribution is 5.59. The van der Waals surface area contributed by atoms with Gasteiger partial charge in [-0.2, -0.15) is 0 Å². The number of hydrogen-bond acceptors (Lipinski definition) is 5. The van der Waals surface area contributed by atoms with Gasteiger partial charge in [0.2, 0.25) is 0 Å². The number of hydrogen-bond donors (Lipinski definition) is 1. The summed E-state index contributed by atoms with van der Waals surface area (Å²) in [5.41, 5.74) is 12.4. The zero-order valence-electron chi connectivity index (χ0n) is 22.4. The summed E-state index contributed by atoms with van der Waals surface area (Å²) in [6, 6.07) is 17.9. The van der Waals surface area contributed by atoms with Gasteiger partial charge in [0.25, 0.3) is 0 Å². The molecule has 192 valence electrons. The molecule has 0 amide bonds. The highest BCUT2D eigenvalue weighted by atomic mass is 16.5. The first-order valence-corrected chi connectivity index (χ1v) is 12.9. The Morgan fingerprint density at radius 3 is 2.36 bits per heavy atom. The average molecular weight is 489 g/mol. The minimum absolute atomic E-state index is 0.185. The van der Waals surface area contributed by atoms with E-state index in [1.807, 2.05) is 30.3 Å². The molecule has 0 saturated heterocycles. The topological polar surface area (TPSA) is 57.0 Å². The van der Waals surface area contributed by atoms with Crippen LogP contribution in [0.25, 0.3) is 0 Å². The van der Waals surface area contributed by atoms with E-state index in [4.69, 9.17) is 19.9 Å². The first-order valence-electron chi connectivity index (χ1n) is 12.9. The van der Waals surface area contributed by atoms with Crippen LogP contribution in [-0.4, -0.2) is 37.2 Å². The van der Waals surface area contributed by atoms with Gasteiger partial charge in [0.05, 0.1) is 0 Å². The monoisotopic (exact) mass is 488 g/mol. The molecule has 3 aromatic rings. The third-order valence-electron chi connectivity index (χ3n) is 7.43. The summed E-state index contributed by atoms with van der Waals surface area (Å²) in [5.74, 6) is 2.91. The summed E-state index contributed by atoms with van der Waals surface area (Å²) < 4.78 is 18.9. The van der Waals surface area contributed by atoms with Gasteiger partial charge in [0, 0.05) is 24.3 Å². The van der Waals surface area contributed by atoms with Gasteiger partial charge in [-0.25, -0.2) is 0 Å². The molecular formula is C31H40N2O3. The maximum atomic E-state index is 6.74. The van der Waals surface area contributed by atoms with Crippen LogP contribution < -0.4 is 19.9 Å². The Morgan fingerprint density at radius 1 is 0.917 bits per heavy atom. The highest BCUT2D eigenvalue weighted by Gasteiger charge is 2.34. The molecule has 1 aliphatic rings. The largest absolute Gasteiger partial charge is 0.492 e. The summed E-state index contributed by atoms with van der Waals surface area (Å²) in [5, 5.41) is 0. The second-order valence-corrected chi connectivity index (χ2v) is 10.3. The van der Waals surface area contributed by atoms with E-state index in [9.17, 15) is 0 Å². The van der Waals surface area contributed by atoms with Crippen LogP contribution in [0.3, 0.4) is 0 Å². The molecule has 1 aliphatic heterocycles. The van der Waals surface area contributed by atoms with E-state index in [-0.39, 0.29) is 5.60 Å². The molecule has 0 aromatic heterocycles. The molecule has 3 aromatic carbocycles. The number of anilines is 1. The Morgan fingerprint density at radius 2 is 1.64 bits per heavy atom. The molecule has 5 nitrogen and oxygen atoms in total. The van der Waals surface area contributed by atoms with E-state index in [0.717, 1.165) is 55.3 Å². The van der Waals surface area contributed by atoms with Crippen LogP contribution in [0.15, 0.2) is 54.6 Å². The summed E-state index contributed by atoms with van der Waals surface area (Å²) in [6.45, 7) is 11.8. The van der Waals surface area contributed by atoms with Crippen molar-refractivity contribution in [2.45, 2.75) is 59.2 Å². The maximum Gasteiger partial charge on any atom is 0.127 e. The lowest BCUT2D eigenvalue weighted by molar-refractivity contribution is 0.0448. The van der Waals surface area contributed by atoms with Crippen molar-refractivity contribution in [1.82, 2.24) is 4.90 Å². The molecular weight excluding hydrogens is 448 g/mol. The van der Waals surface area contributed by atoms with Gasteiger partial charge < -0.3 is 24.8 Å². The van der Waals surface area contributed by atoms with Gasteiger partial charge in [-0.05, 0) is 101 Å². The van der Waals surface area contributed by atoms with Crippen LogP contribution in [-0.2, 0) is 13.0 Å². The summed E-state index contributed by atoms with van der Waals surface area (Å²) in [7, 11) is 2.14. The van der Waals surface area contributed by atoms with Gasteiger partial charge in [0.15, 0.2) is 0 Å². The van der Waals surface area contributed by atoms with Crippen LogP contribution in [0.1, 0.15) is 47.6 Å². The molecule has 0 aliphatic carbocycles. The second-order valence-electron chi connectivity index (χ2n) is 10.3. The number of benzene rings is 3. The highest BCUT2D eigenvalue weighted by Crippen LogP contribution is 2.44. The predicted molar refractivity (Wildman–Crippen MR) is 147 cm³/mol. The quantitative estimate of drug-likeness (QED) is 0.342. The van der Waals surface area contributed by atoms with Gasteiger partial charge in [-0.1, -0.05) is 30.3 Å². The molecule has 0 spiro atoms. The Balaban J connectivity index is 1.35. The second kappa shape index (κ2) is 11.3. The number of nitrogens with zero attached hydrogens (tertiary/aromatic N) is 1. The molecule has 0 radical (unpaired) electrons. The van der Waals surface area contributed by atoms with E-state index in [2.05, 4.69) is 63.9 Å². The van der Waals surface area contributed by atoms with Crippen molar-refractivity contribution >= 4 is 5.69 Å². The molecule has 4 rings (SSSR count). The number of likely N-dealkylation sites (N-methyl/N-ethyl adjacent to an activating group) is 1. The zero-order valence-corrected chi connectivity index (χ0v) is 22.4. The van der Waals surface area contributed by atoms with Crippen molar-refractivity contribution in [3.8, 4) is 17.2 Å². The molecule has 0 bridgehead atoms.